The Morgan fingerprint density at radius 3 is 2.76 bits per heavy atom. The highest BCUT2D eigenvalue weighted by Gasteiger charge is 2.20. The zero-order chi connectivity index (χ0) is 12.6. The Labute approximate surface area is 98.4 Å². The van der Waals surface area contributed by atoms with E-state index in [9.17, 15) is 9.18 Å². The molecule has 0 saturated carbocycles. The number of hydrogen-bond donors (Lipinski definition) is 1. The molecule has 1 heterocycles. The number of carbonyl (C=O) groups excluding carboxylic acids is 1. The van der Waals surface area contributed by atoms with Gasteiger partial charge in [-0.2, -0.15) is 0 Å². The van der Waals surface area contributed by atoms with Gasteiger partial charge in [0.2, 0.25) is 0 Å². The number of halogens is 1. The van der Waals surface area contributed by atoms with Crippen LogP contribution in [0.2, 0.25) is 0 Å². The summed E-state index contributed by atoms with van der Waals surface area (Å²) >= 11 is 0. The third-order valence-electron chi connectivity index (χ3n) is 2.37. The zero-order valence-corrected chi connectivity index (χ0v) is 9.79. The molecule has 3 nitrogen and oxygen atoms in total. The second kappa shape index (κ2) is 3.96. The Balaban J connectivity index is 2.33. The van der Waals surface area contributed by atoms with Gasteiger partial charge < -0.3 is 10.2 Å². The Morgan fingerprint density at radius 2 is 2.12 bits per heavy atom. The van der Waals surface area contributed by atoms with Crippen LogP contribution >= 0.6 is 0 Å². The van der Waals surface area contributed by atoms with Gasteiger partial charge in [-0.15, -0.1) is 0 Å². The molecule has 0 unspecified atom stereocenters. The van der Waals surface area contributed by atoms with E-state index in [-0.39, 0.29) is 23.8 Å². The summed E-state index contributed by atoms with van der Waals surface area (Å²) in [5, 5.41) is 0.586. The molecule has 0 bridgehead atoms. The van der Waals surface area contributed by atoms with Gasteiger partial charge in [0.1, 0.15) is 11.4 Å². The second-order valence-electron chi connectivity index (χ2n) is 4.88. The van der Waals surface area contributed by atoms with Crippen molar-refractivity contribution in [2.24, 2.45) is 5.73 Å². The predicted molar refractivity (Wildman–Crippen MR) is 63.4 cm³/mol. The minimum atomic E-state index is -0.582. The fourth-order valence-corrected chi connectivity index (χ4v) is 1.65. The quantitative estimate of drug-likeness (QED) is 0.832. The van der Waals surface area contributed by atoms with E-state index >= 15 is 0 Å². The fraction of sp³-hybridized carbons (Fsp3) is 0.308. The highest BCUT2D eigenvalue weighted by atomic mass is 19.1. The van der Waals surface area contributed by atoms with Crippen molar-refractivity contribution in [1.29, 1.82) is 0 Å². The molecule has 0 spiro atoms. The molecule has 90 valence electrons. The first-order chi connectivity index (χ1) is 7.85. The zero-order valence-electron chi connectivity index (χ0n) is 9.79. The topological polar surface area (TPSA) is 56.2 Å². The fourth-order valence-electron chi connectivity index (χ4n) is 1.65. The van der Waals surface area contributed by atoms with Gasteiger partial charge in [0, 0.05) is 17.3 Å². The van der Waals surface area contributed by atoms with Crippen molar-refractivity contribution in [2.45, 2.75) is 25.8 Å². The number of fused-ring (bicyclic) bond motifs is 1. The second-order valence-corrected chi connectivity index (χ2v) is 4.88. The summed E-state index contributed by atoms with van der Waals surface area (Å²) in [6, 6.07) is 5.69. The summed E-state index contributed by atoms with van der Waals surface area (Å²) in [5.74, 6) is -0.297. The van der Waals surface area contributed by atoms with Crippen LogP contribution in [0.5, 0.6) is 0 Å². The van der Waals surface area contributed by atoms with Crippen LogP contribution in [-0.2, 0) is 0 Å². The van der Waals surface area contributed by atoms with E-state index in [1.807, 2.05) is 0 Å². The predicted octanol–water partition coefficient (Wildman–Crippen LogP) is 2.88. The van der Waals surface area contributed by atoms with Crippen molar-refractivity contribution in [3.05, 3.63) is 35.8 Å². The van der Waals surface area contributed by atoms with Crippen molar-refractivity contribution >= 4 is 16.8 Å². The SMILES string of the molecule is CC(C)(N)CC(=O)c1cc2cc(F)ccc2o1. The largest absolute Gasteiger partial charge is 0.453 e. The molecule has 2 aromatic rings. The molecule has 0 atom stereocenters. The van der Waals surface area contributed by atoms with Crippen LogP contribution in [0.15, 0.2) is 28.7 Å². The molecule has 1 aromatic carbocycles. The van der Waals surface area contributed by atoms with Crippen LogP contribution in [0.1, 0.15) is 30.8 Å². The van der Waals surface area contributed by atoms with Crippen molar-refractivity contribution in [2.75, 3.05) is 0 Å². The third kappa shape index (κ3) is 2.71. The van der Waals surface area contributed by atoms with Gasteiger partial charge in [0.15, 0.2) is 11.5 Å². The van der Waals surface area contributed by atoms with E-state index < -0.39 is 5.54 Å². The number of furan rings is 1. The van der Waals surface area contributed by atoms with E-state index in [1.165, 1.54) is 18.2 Å². The molecule has 17 heavy (non-hydrogen) atoms. The lowest BCUT2D eigenvalue weighted by Crippen LogP contribution is -2.34. The van der Waals surface area contributed by atoms with Gasteiger partial charge in [-0.25, -0.2) is 4.39 Å². The first-order valence-electron chi connectivity index (χ1n) is 5.36. The van der Waals surface area contributed by atoms with E-state index in [1.54, 1.807) is 19.9 Å². The summed E-state index contributed by atoms with van der Waals surface area (Å²) in [6.45, 7) is 3.54. The number of Topliss-reactive ketones (excluding diaryl/α,β-unsaturated/α-hetero) is 1. The average molecular weight is 235 g/mol. The Morgan fingerprint density at radius 1 is 1.41 bits per heavy atom. The molecule has 1 aromatic heterocycles. The molecule has 0 radical (unpaired) electrons. The molecule has 2 N–H and O–H groups in total. The van der Waals surface area contributed by atoms with Crippen molar-refractivity contribution in [3.63, 3.8) is 0 Å². The first kappa shape index (κ1) is 11.8. The Kier molecular flexibility index (Phi) is 2.75. The first-order valence-corrected chi connectivity index (χ1v) is 5.36. The minimum Gasteiger partial charge on any atom is -0.453 e. The van der Waals surface area contributed by atoms with Crippen LogP contribution in [0.25, 0.3) is 11.0 Å². The number of carbonyl (C=O) groups is 1. The normalized spacial score (nSPS) is 12.0. The lowest BCUT2D eigenvalue weighted by Gasteiger charge is -2.15. The van der Waals surface area contributed by atoms with Crippen molar-refractivity contribution in [3.8, 4) is 0 Å². The van der Waals surface area contributed by atoms with Gasteiger partial charge >= 0.3 is 0 Å². The maximum absolute atomic E-state index is 13.0. The molecule has 0 amide bonds. The van der Waals surface area contributed by atoms with Gasteiger partial charge in [-0.1, -0.05) is 0 Å². The number of benzene rings is 1. The molecular formula is C13H14FNO2. The summed E-state index contributed by atoms with van der Waals surface area (Å²) < 4.78 is 18.3. The third-order valence-corrected chi connectivity index (χ3v) is 2.37. The lowest BCUT2D eigenvalue weighted by molar-refractivity contribution is 0.0935. The van der Waals surface area contributed by atoms with Crippen LogP contribution in [0.3, 0.4) is 0 Å². The van der Waals surface area contributed by atoms with Crippen LogP contribution < -0.4 is 5.73 Å². The van der Waals surface area contributed by atoms with Crippen LogP contribution in [0, 0.1) is 5.82 Å². The van der Waals surface area contributed by atoms with E-state index in [0.29, 0.717) is 11.0 Å². The molecule has 4 heteroatoms. The van der Waals surface area contributed by atoms with Crippen LogP contribution in [0.4, 0.5) is 4.39 Å². The minimum absolute atomic E-state index is 0.172. The highest BCUT2D eigenvalue weighted by molar-refractivity contribution is 5.98. The standard InChI is InChI=1S/C13H14FNO2/c1-13(2,15)7-10(16)12-6-8-5-9(14)3-4-11(8)17-12/h3-6H,7,15H2,1-2H3. The number of hydrogen-bond acceptors (Lipinski definition) is 3. The summed E-state index contributed by atoms with van der Waals surface area (Å²) in [6.07, 6.45) is 0.190. The summed E-state index contributed by atoms with van der Waals surface area (Å²) in [4.78, 5) is 11.8. The van der Waals surface area contributed by atoms with Gasteiger partial charge in [0.05, 0.1) is 0 Å². The highest BCUT2D eigenvalue weighted by Crippen LogP contribution is 2.22. The summed E-state index contributed by atoms with van der Waals surface area (Å²) in [7, 11) is 0. The van der Waals surface area contributed by atoms with Gasteiger partial charge in [-0.05, 0) is 38.1 Å². The number of nitrogens with two attached hydrogens (primary N) is 1. The van der Waals surface area contributed by atoms with Crippen molar-refractivity contribution < 1.29 is 13.6 Å². The lowest BCUT2D eigenvalue weighted by atomic mass is 9.98. The molecule has 2 rings (SSSR count). The van der Waals surface area contributed by atoms with Crippen molar-refractivity contribution in [1.82, 2.24) is 0 Å². The average Bonchev–Trinajstić information content (AvgIpc) is 2.57. The molecule has 0 aliphatic heterocycles. The molecular weight excluding hydrogens is 221 g/mol. The molecule has 0 fully saturated rings. The van der Waals surface area contributed by atoms with E-state index in [0.717, 1.165) is 0 Å². The molecule has 0 aliphatic carbocycles. The summed E-state index contributed by atoms with van der Waals surface area (Å²) in [5.41, 5.74) is 5.69. The molecule has 0 saturated heterocycles. The number of ketones is 1. The Hall–Kier alpha value is -1.68. The maximum Gasteiger partial charge on any atom is 0.199 e. The maximum atomic E-state index is 13.0. The van der Waals surface area contributed by atoms with E-state index in [2.05, 4.69) is 0 Å². The number of rotatable bonds is 3. The van der Waals surface area contributed by atoms with Gasteiger partial charge in [-0.3, -0.25) is 4.79 Å². The molecule has 0 aliphatic rings. The Bertz CT molecular complexity index is 566. The van der Waals surface area contributed by atoms with Gasteiger partial charge in [0.25, 0.3) is 0 Å². The monoisotopic (exact) mass is 235 g/mol. The van der Waals surface area contributed by atoms with E-state index in [4.69, 9.17) is 10.2 Å². The smallest absolute Gasteiger partial charge is 0.199 e. The van der Waals surface area contributed by atoms with Crippen LogP contribution in [-0.4, -0.2) is 11.3 Å².